The van der Waals surface area contributed by atoms with Gasteiger partial charge in [0.05, 0.1) is 0 Å². The van der Waals surface area contributed by atoms with E-state index in [0.29, 0.717) is 5.91 Å². The summed E-state index contributed by atoms with van der Waals surface area (Å²) in [5.74, 6) is 0.343. The number of hydrogen-bond acceptors (Lipinski definition) is 1. The van der Waals surface area contributed by atoms with E-state index in [1.807, 2.05) is 11.9 Å². The molecule has 0 spiro atoms. The number of amides is 1. The average Bonchev–Trinajstić information content (AvgIpc) is 2.61. The lowest BCUT2D eigenvalue weighted by Gasteiger charge is -2.28. The summed E-state index contributed by atoms with van der Waals surface area (Å²) in [7, 11) is 1.93. The molecule has 1 aliphatic carbocycles. The first-order valence-corrected chi connectivity index (χ1v) is 6.54. The highest BCUT2D eigenvalue weighted by atomic mass is 79.9. The van der Waals surface area contributed by atoms with Gasteiger partial charge in [-0.1, -0.05) is 35.7 Å². The zero-order chi connectivity index (χ0) is 10.6. The van der Waals surface area contributed by atoms with Gasteiger partial charge in [0.15, 0.2) is 0 Å². The highest BCUT2D eigenvalue weighted by molar-refractivity contribution is 9.09. The van der Waals surface area contributed by atoms with Gasteiger partial charge in [-0.2, -0.15) is 0 Å². The Morgan fingerprint density at radius 3 is 2.50 bits per heavy atom. The smallest absolute Gasteiger partial charge is 0.228 e. The molecule has 0 bridgehead atoms. The van der Waals surface area contributed by atoms with Crippen molar-refractivity contribution >= 4 is 21.8 Å². The van der Waals surface area contributed by atoms with Gasteiger partial charge in [-0.15, -0.1) is 0 Å². The van der Waals surface area contributed by atoms with E-state index in [9.17, 15) is 4.79 Å². The lowest BCUT2D eigenvalue weighted by molar-refractivity contribution is -0.139. The zero-order valence-corrected chi connectivity index (χ0v) is 10.8. The predicted molar refractivity (Wildman–Crippen MR) is 62.6 cm³/mol. The van der Waals surface area contributed by atoms with Crippen LogP contribution in [0, 0.1) is 5.41 Å². The van der Waals surface area contributed by atoms with Gasteiger partial charge < -0.3 is 4.90 Å². The Morgan fingerprint density at radius 1 is 1.43 bits per heavy atom. The maximum absolute atomic E-state index is 12.1. The summed E-state index contributed by atoms with van der Waals surface area (Å²) in [5.41, 5.74) is -0.0545. The summed E-state index contributed by atoms with van der Waals surface area (Å²) in [4.78, 5) is 14.0. The minimum atomic E-state index is -0.0545. The van der Waals surface area contributed by atoms with Crippen LogP contribution < -0.4 is 0 Å². The highest BCUT2D eigenvalue weighted by Crippen LogP contribution is 2.38. The third kappa shape index (κ3) is 2.72. The van der Waals surface area contributed by atoms with Crippen LogP contribution in [0.1, 0.15) is 39.0 Å². The van der Waals surface area contributed by atoms with Crippen LogP contribution in [0.2, 0.25) is 0 Å². The van der Waals surface area contributed by atoms with Gasteiger partial charge >= 0.3 is 0 Å². The summed E-state index contributed by atoms with van der Waals surface area (Å²) in [6, 6.07) is 0. The van der Waals surface area contributed by atoms with Gasteiger partial charge in [-0.25, -0.2) is 0 Å². The van der Waals surface area contributed by atoms with E-state index in [1.165, 1.54) is 12.8 Å². The Morgan fingerprint density at radius 2 is 2.00 bits per heavy atom. The third-order valence-corrected chi connectivity index (χ3v) is 3.76. The van der Waals surface area contributed by atoms with Crippen LogP contribution in [-0.4, -0.2) is 29.7 Å². The quantitative estimate of drug-likeness (QED) is 0.713. The van der Waals surface area contributed by atoms with Gasteiger partial charge in [0.25, 0.3) is 0 Å². The lowest BCUT2D eigenvalue weighted by Crippen LogP contribution is -2.39. The molecule has 0 N–H and O–H groups in total. The lowest BCUT2D eigenvalue weighted by atomic mass is 9.87. The molecule has 14 heavy (non-hydrogen) atoms. The van der Waals surface area contributed by atoms with Crippen molar-refractivity contribution in [2.75, 3.05) is 18.9 Å². The average molecular weight is 262 g/mol. The molecule has 1 rings (SSSR count). The summed E-state index contributed by atoms with van der Waals surface area (Å²) in [6.07, 6.45) is 5.62. The number of rotatable bonds is 4. The predicted octanol–water partition coefficient (Wildman–Crippen LogP) is 2.81. The summed E-state index contributed by atoms with van der Waals surface area (Å²) in [6.45, 7) is 2.99. The number of carbonyl (C=O) groups excluding carboxylic acids is 1. The molecule has 1 saturated carbocycles. The van der Waals surface area contributed by atoms with Gasteiger partial charge in [0.2, 0.25) is 5.91 Å². The summed E-state index contributed by atoms with van der Waals surface area (Å²) in [5, 5.41) is 0.974. The van der Waals surface area contributed by atoms with Crippen LogP contribution in [0.15, 0.2) is 0 Å². The van der Waals surface area contributed by atoms with Crippen LogP contribution in [0.3, 0.4) is 0 Å². The molecule has 1 aliphatic rings. The molecule has 3 heteroatoms. The van der Waals surface area contributed by atoms with Gasteiger partial charge in [-0.05, 0) is 19.3 Å². The maximum Gasteiger partial charge on any atom is 0.228 e. The van der Waals surface area contributed by atoms with Gasteiger partial charge in [0, 0.05) is 24.3 Å². The van der Waals surface area contributed by atoms with Crippen LogP contribution in [0.4, 0.5) is 0 Å². The monoisotopic (exact) mass is 261 g/mol. The van der Waals surface area contributed by atoms with Crippen molar-refractivity contribution in [2.45, 2.75) is 39.0 Å². The molecule has 0 atom stereocenters. The number of hydrogen-bond donors (Lipinski definition) is 0. The van der Waals surface area contributed by atoms with E-state index in [4.69, 9.17) is 0 Å². The van der Waals surface area contributed by atoms with Crippen molar-refractivity contribution in [2.24, 2.45) is 5.41 Å². The molecular weight excluding hydrogens is 242 g/mol. The molecule has 0 heterocycles. The zero-order valence-electron chi connectivity index (χ0n) is 9.18. The third-order valence-electron chi connectivity index (χ3n) is 3.20. The van der Waals surface area contributed by atoms with Crippen LogP contribution in [0.25, 0.3) is 0 Å². The van der Waals surface area contributed by atoms with E-state index in [-0.39, 0.29) is 5.41 Å². The van der Waals surface area contributed by atoms with Crippen molar-refractivity contribution in [3.63, 3.8) is 0 Å². The molecule has 0 radical (unpaired) electrons. The molecule has 0 aromatic heterocycles. The largest absolute Gasteiger partial charge is 0.345 e. The fraction of sp³-hybridized carbons (Fsp3) is 0.909. The number of carbonyl (C=O) groups is 1. The maximum atomic E-state index is 12.1. The minimum absolute atomic E-state index is 0.0545. The first-order chi connectivity index (χ1) is 6.60. The van der Waals surface area contributed by atoms with E-state index in [2.05, 4.69) is 22.9 Å². The van der Waals surface area contributed by atoms with E-state index >= 15 is 0 Å². The molecule has 0 aromatic rings. The van der Waals surface area contributed by atoms with E-state index in [1.54, 1.807) is 0 Å². The molecule has 1 fully saturated rings. The Balaban J connectivity index is 2.46. The first kappa shape index (κ1) is 12.0. The van der Waals surface area contributed by atoms with Crippen molar-refractivity contribution in [1.82, 2.24) is 4.90 Å². The Bertz CT molecular complexity index is 199. The summed E-state index contributed by atoms with van der Waals surface area (Å²) < 4.78 is 0. The highest BCUT2D eigenvalue weighted by Gasteiger charge is 2.37. The van der Waals surface area contributed by atoms with Gasteiger partial charge in [-0.3, -0.25) is 4.79 Å². The van der Waals surface area contributed by atoms with Crippen LogP contribution >= 0.6 is 15.9 Å². The fourth-order valence-corrected chi connectivity index (χ4v) is 2.48. The first-order valence-electron chi connectivity index (χ1n) is 5.42. The number of alkyl halides is 1. The molecule has 1 amide bonds. The minimum Gasteiger partial charge on any atom is -0.345 e. The summed E-state index contributed by atoms with van der Waals surface area (Å²) >= 11 is 3.39. The normalized spacial score (nSPS) is 19.6. The Kier molecular flexibility index (Phi) is 4.42. The SMILES string of the molecule is CN(CCCBr)C(=O)C1(C)CCCC1. The Hall–Kier alpha value is -0.0500. The number of halogens is 1. The van der Waals surface area contributed by atoms with Crippen molar-refractivity contribution in [3.05, 3.63) is 0 Å². The molecule has 82 valence electrons. The molecule has 2 nitrogen and oxygen atoms in total. The molecule has 0 aliphatic heterocycles. The van der Waals surface area contributed by atoms with E-state index in [0.717, 1.165) is 31.1 Å². The fourth-order valence-electron chi connectivity index (χ4n) is 2.23. The van der Waals surface area contributed by atoms with Crippen LogP contribution in [0.5, 0.6) is 0 Å². The second-order valence-corrected chi connectivity index (χ2v) is 5.33. The second-order valence-electron chi connectivity index (χ2n) is 4.54. The number of nitrogens with zero attached hydrogens (tertiary/aromatic N) is 1. The molecular formula is C11H20BrNO. The van der Waals surface area contributed by atoms with Gasteiger partial charge in [0.1, 0.15) is 0 Å². The standard InChI is InChI=1S/C11H20BrNO/c1-11(6-3-4-7-11)10(14)13(2)9-5-8-12/h3-9H2,1-2H3. The van der Waals surface area contributed by atoms with Crippen molar-refractivity contribution < 1.29 is 4.79 Å². The van der Waals surface area contributed by atoms with Crippen molar-refractivity contribution in [3.8, 4) is 0 Å². The Labute approximate surface area is 95.2 Å². The van der Waals surface area contributed by atoms with Crippen LogP contribution in [-0.2, 0) is 4.79 Å². The molecule has 0 aromatic carbocycles. The second kappa shape index (κ2) is 5.15. The van der Waals surface area contributed by atoms with E-state index < -0.39 is 0 Å². The van der Waals surface area contributed by atoms with Crippen molar-refractivity contribution in [1.29, 1.82) is 0 Å². The topological polar surface area (TPSA) is 20.3 Å². The molecule has 0 saturated heterocycles. The molecule has 0 unspecified atom stereocenters.